The standard InChI is InChI=1S/C28H28N6O8S2/c1-18-5-12-25(16-26(18)34(36)37)44(40,41)33(22-8-10-23(42-4)11-9-22)17-27(35)31-21-6-13-24(14-7-21)43(38,39)32-28-29-19(2)15-20(3)30-28/h5-16H,17H2,1-4H3,(H,31,35)(H,29,30,32). The van der Waals surface area contributed by atoms with E-state index in [0.29, 0.717) is 17.1 Å². The minimum atomic E-state index is -4.47. The van der Waals surface area contributed by atoms with Gasteiger partial charge in [-0.1, -0.05) is 6.07 Å². The van der Waals surface area contributed by atoms with Gasteiger partial charge in [0, 0.05) is 28.7 Å². The molecule has 44 heavy (non-hydrogen) atoms. The van der Waals surface area contributed by atoms with E-state index in [1.165, 1.54) is 74.7 Å². The number of ether oxygens (including phenoxy) is 1. The van der Waals surface area contributed by atoms with E-state index in [4.69, 9.17) is 4.74 Å². The van der Waals surface area contributed by atoms with Crippen molar-refractivity contribution in [3.8, 4) is 5.75 Å². The van der Waals surface area contributed by atoms with Crippen LogP contribution in [0.3, 0.4) is 0 Å². The van der Waals surface area contributed by atoms with E-state index in [2.05, 4.69) is 20.0 Å². The lowest BCUT2D eigenvalue weighted by molar-refractivity contribution is -0.385. The molecule has 2 N–H and O–H groups in total. The zero-order chi connectivity index (χ0) is 32.2. The molecule has 0 spiro atoms. The zero-order valence-corrected chi connectivity index (χ0v) is 25.6. The molecule has 0 fully saturated rings. The Balaban J connectivity index is 1.58. The van der Waals surface area contributed by atoms with E-state index >= 15 is 0 Å². The molecule has 0 atom stereocenters. The number of sulfonamides is 2. The Bertz CT molecular complexity index is 1910. The van der Waals surface area contributed by atoms with E-state index in [-0.39, 0.29) is 38.4 Å². The van der Waals surface area contributed by atoms with Crippen LogP contribution in [-0.2, 0) is 24.8 Å². The first-order valence-corrected chi connectivity index (χ1v) is 15.8. The van der Waals surface area contributed by atoms with Crippen LogP contribution in [0, 0.1) is 30.9 Å². The van der Waals surface area contributed by atoms with E-state index < -0.39 is 37.4 Å². The van der Waals surface area contributed by atoms with Crippen LogP contribution in [0.5, 0.6) is 5.75 Å². The normalized spacial score (nSPS) is 11.5. The quantitative estimate of drug-likeness (QED) is 0.179. The number of rotatable bonds is 11. The maximum absolute atomic E-state index is 13.7. The number of aromatic nitrogens is 2. The molecule has 0 bridgehead atoms. The third kappa shape index (κ3) is 7.27. The summed E-state index contributed by atoms with van der Waals surface area (Å²) < 4.78 is 61.4. The van der Waals surface area contributed by atoms with Gasteiger partial charge >= 0.3 is 0 Å². The molecule has 1 aromatic heterocycles. The number of hydrogen-bond acceptors (Lipinski definition) is 10. The van der Waals surface area contributed by atoms with E-state index in [1.807, 2.05) is 0 Å². The van der Waals surface area contributed by atoms with Gasteiger partial charge in [0.05, 0.1) is 27.5 Å². The van der Waals surface area contributed by atoms with Gasteiger partial charge in [0.1, 0.15) is 12.3 Å². The van der Waals surface area contributed by atoms with Crippen molar-refractivity contribution in [3.63, 3.8) is 0 Å². The molecule has 0 unspecified atom stereocenters. The molecule has 16 heteroatoms. The van der Waals surface area contributed by atoms with Gasteiger partial charge in [0.25, 0.3) is 25.7 Å². The molecule has 4 rings (SSSR count). The number of carbonyl (C=O) groups is 1. The van der Waals surface area contributed by atoms with Gasteiger partial charge in [0.2, 0.25) is 11.9 Å². The lowest BCUT2D eigenvalue weighted by Gasteiger charge is -2.24. The van der Waals surface area contributed by atoms with Crippen molar-refractivity contribution in [2.75, 3.05) is 28.0 Å². The highest BCUT2D eigenvalue weighted by Gasteiger charge is 2.29. The molecule has 0 aliphatic carbocycles. The third-order valence-corrected chi connectivity index (χ3v) is 9.38. The van der Waals surface area contributed by atoms with Crippen molar-refractivity contribution in [1.29, 1.82) is 0 Å². The van der Waals surface area contributed by atoms with E-state index in [0.717, 1.165) is 10.4 Å². The SMILES string of the molecule is COc1ccc(N(CC(=O)Nc2ccc(S(=O)(=O)Nc3nc(C)cc(C)n3)cc2)S(=O)(=O)c2ccc(C)c([N+](=O)[O-])c2)cc1. The number of hydrogen-bond donors (Lipinski definition) is 2. The lowest BCUT2D eigenvalue weighted by atomic mass is 10.2. The summed E-state index contributed by atoms with van der Waals surface area (Å²) >= 11 is 0. The van der Waals surface area contributed by atoms with Crippen LogP contribution in [0.1, 0.15) is 17.0 Å². The topological polar surface area (TPSA) is 191 Å². The second-order valence-corrected chi connectivity index (χ2v) is 13.1. The van der Waals surface area contributed by atoms with Crippen molar-refractivity contribution in [2.45, 2.75) is 30.6 Å². The Morgan fingerprint density at radius 2 is 1.48 bits per heavy atom. The summed E-state index contributed by atoms with van der Waals surface area (Å²) in [5, 5.41) is 14.0. The minimum absolute atomic E-state index is 0.0846. The molecular formula is C28H28N6O8S2. The van der Waals surface area contributed by atoms with Crippen LogP contribution in [-0.4, -0.2) is 51.3 Å². The maximum Gasteiger partial charge on any atom is 0.273 e. The van der Waals surface area contributed by atoms with Crippen molar-refractivity contribution in [2.24, 2.45) is 0 Å². The number of benzene rings is 3. The molecule has 0 saturated heterocycles. The number of anilines is 3. The smallest absolute Gasteiger partial charge is 0.273 e. The Morgan fingerprint density at radius 3 is 2.05 bits per heavy atom. The third-order valence-electron chi connectivity index (χ3n) is 6.27. The maximum atomic E-state index is 13.7. The van der Waals surface area contributed by atoms with Crippen LogP contribution in [0.4, 0.5) is 23.0 Å². The Morgan fingerprint density at radius 1 is 0.886 bits per heavy atom. The van der Waals surface area contributed by atoms with Crippen LogP contribution >= 0.6 is 0 Å². The molecule has 0 aliphatic heterocycles. The van der Waals surface area contributed by atoms with Crippen molar-refractivity contribution < 1.29 is 31.3 Å². The van der Waals surface area contributed by atoms with Gasteiger partial charge in [-0.15, -0.1) is 0 Å². The van der Waals surface area contributed by atoms with E-state index in [1.54, 1.807) is 19.9 Å². The summed E-state index contributed by atoms with van der Waals surface area (Å²) in [5.74, 6) is -0.405. The fourth-order valence-electron chi connectivity index (χ4n) is 4.14. The highest BCUT2D eigenvalue weighted by molar-refractivity contribution is 7.93. The molecule has 4 aromatic rings. The molecule has 230 valence electrons. The van der Waals surface area contributed by atoms with Crippen LogP contribution in [0.25, 0.3) is 0 Å². The van der Waals surface area contributed by atoms with Gasteiger partial charge in [-0.05, 0) is 81.4 Å². The van der Waals surface area contributed by atoms with Gasteiger partial charge < -0.3 is 10.1 Å². The van der Waals surface area contributed by atoms with E-state index in [9.17, 15) is 31.7 Å². The molecule has 0 radical (unpaired) electrons. The monoisotopic (exact) mass is 640 g/mol. The van der Waals surface area contributed by atoms with Crippen LogP contribution in [0.2, 0.25) is 0 Å². The number of amides is 1. The summed E-state index contributed by atoms with van der Waals surface area (Å²) in [6.45, 7) is 4.18. The highest BCUT2D eigenvalue weighted by atomic mass is 32.2. The average Bonchev–Trinajstić information content (AvgIpc) is 2.95. The number of methoxy groups -OCH3 is 1. The first kappa shape index (κ1) is 31.8. The highest BCUT2D eigenvalue weighted by Crippen LogP contribution is 2.29. The molecule has 0 aliphatic rings. The Labute approximate surface area is 254 Å². The van der Waals surface area contributed by atoms with Gasteiger partial charge in [0.15, 0.2) is 0 Å². The molecule has 1 heterocycles. The predicted octanol–water partition coefficient (Wildman–Crippen LogP) is 3.95. The number of nitrogens with one attached hydrogen (secondary N) is 2. The number of nitro groups is 1. The number of nitrogens with zero attached hydrogens (tertiary/aromatic N) is 4. The lowest BCUT2D eigenvalue weighted by Crippen LogP contribution is -2.38. The summed E-state index contributed by atoms with van der Waals surface area (Å²) in [4.78, 5) is 31.5. The molecule has 3 aromatic carbocycles. The molecule has 1 amide bonds. The van der Waals surface area contributed by atoms with Gasteiger partial charge in [-0.25, -0.2) is 31.5 Å². The first-order valence-electron chi connectivity index (χ1n) is 12.9. The van der Waals surface area contributed by atoms with Gasteiger partial charge in [-0.3, -0.25) is 19.2 Å². The summed E-state index contributed by atoms with van der Waals surface area (Å²) in [5.41, 5.74) is 1.34. The van der Waals surface area contributed by atoms with Crippen molar-refractivity contribution >= 4 is 49.0 Å². The molecule has 0 saturated carbocycles. The summed E-state index contributed by atoms with van der Waals surface area (Å²) in [7, 11) is -7.08. The minimum Gasteiger partial charge on any atom is -0.497 e. The Hall–Kier alpha value is -5.09. The zero-order valence-electron chi connectivity index (χ0n) is 24.0. The second-order valence-electron chi connectivity index (χ2n) is 9.57. The predicted molar refractivity (Wildman–Crippen MR) is 163 cm³/mol. The number of carbonyl (C=O) groups excluding carboxylic acids is 1. The fraction of sp³-hybridized carbons (Fsp3) is 0.179. The van der Waals surface area contributed by atoms with Crippen LogP contribution in [0.15, 0.2) is 82.6 Å². The van der Waals surface area contributed by atoms with Gasteiger partial charge in [-0.2, -0.15) is 0 Å². The molecule has 14 nitrogen and oxygen atoms in total. The van der Waals surface area contributed by atoms with Crippen molar-refractivity contribution in [3.05, 3.63) is 99.9 Å². The van der Waals surface area contributed by atoms with Crippen molar-refractivity contribution in [1.82, 2.24) is 9.97 Å². The first-order chi connectivity index (χ1) is 20.7. The molecular weight excluding hydrogens is 612 g/mol. The second kappa shape index (κ2) is 12.6. The van der Waals surface area contributed by atoms with Crippen LogP contribution < -0.4 is 19.1 Å². The fourth-order valence-corrected chi connectivity index (χ4v) is 6.52. The largest absolute Gasteiger partial charge is 0.497 e. The summed E-state index contributed by atoms with van der Waals surface area (Å²) in [6.07, 6.45) is 0. The average molecular weight is 641 g/mol. The Kier molecular flexibility index (Phi) is 9.15. The number of aryl methyl sites for hydroxylation is 3. The summed E-state index contributed by atoms with van der Waals surface area (Å²) in [6, 6.07) is 16.2. The number of nitro benzene ring substituents is 1.